The summed E-state index contributed by atoms with van der Waals surface area (Å²) >= 11 is 0. The summed E-state index contributed by atoms with van der Waals surface area (Å²) in [5.41, 5.74) is 0.628. The Balaban J connectivity index is 0.00000272. The molecule has 0 radical (unpaired) electrons. The molecule has 0 spiro atoms. The van der Waals surface area contributed by atoms with Crippen LogP contribution in [0, 0.1) is 5.41 Å². The van der Waals surface area contributed by atoms with Crippen molar-refractivity contribution in [3.63, 3.8) is 0 Å². The first kappa shape index (κ1) is 29.3. The van der Waals surface area contributed by atoms with Crippen LogP contribution in [0.25, 0.3) is 0 Å². The van der Waals surface area contributed by atoms with Crippen LogP contribution in [-0.4, -0.2) is 80.3 Å². The Kier molecular flexibility index (Phi) is 12.3. The van der Waals surface area contributed by atoms with E-state index in [1.54, 1.807) is 24.3 Å². The molecule has 2 saturated heterocycles. The summed E-state index contributed by atoms with van der Waals surface area (Å²) in [4.78, 5) is 28.7. The first-order valence-electron chi connectivity index (χ1n) is 11.2. The number of amides is 2. The first-order valence-corrected chi connectivity index (χ1v) is 11.2. The lowest BCUT2D eigenvalue weighted by Gasteiger charge is -2.40. The van der Waals surface area contributed by atoms with Crippen molar-refractivity contribution in [2.24, 2.45) is 5.41 Å². The van der Waals surface area contributed by atoms with Crippen molar-refractivity contribution in [1.82, 2.24) is 15.1 Å². The molecule has 188 valence electrons. The number of piperidine rings is 1. The fraction of sp³-hybridized carbons (Fsp3) is 0.652. The maximum absolute atomic E-state index is 12.6. The summed E-state index contributed by atoms with van der Waals surface area (Å²) in [6.45, 7) is 11.7. The highest BCUT2D eigenvalue weighted by atomic mass is 35.5. The molecule has 2 aliphatic heterocycles. The Bertz CT molecular complexity index is 729. The maximum atomic E-state index is 12.6. The van der Waals surface area contributed by atoms with Crippen molar-refractivity contribution >= 4 is 42.5 Å². The van der Waals surface area contributed by atoms with E-state index >= 15 is 0 Å². The maximum Gasteiger partial charge on any atom is 0.344 e. The number of piperazine rings is 1. The third-order valence-electron chi connectivity index (χ3n) is 5.55. The van der Waals surface area contributed by atoms with Gasteiger partial charge in [0.15, 0.2) is 6.61 Å². The molecular weight excluding hydrogens is 467 g/mol. The molecule has 2 heterocycles. The summed E-state index contributed by atoms with van der Waals surface area (Å²) in [5.74, 6) is 0.164. The summed E-state index contributed by atoms with van der Waals surface area (Å²) in [6, 6.07) is 7.59. The van der Waals surface area contributed by atoms with Gasteiger partial charge in [0.25, 0.3) is 0 Å². The Morgan fingerprint density at radius 2 is 1.64 bits per heavy atom. The summed E-state index contributed by atoms with van der Waals surface area (Å²) in [7, 11) is 0. The highest BCUT2D eigenvalue weighted by Gasteiger charge is 2.27. The summed E-state index contributed by atoms with van der Waals surface area (Å²) in [6.07, 6.45) is 2.38. The lowest BCUT2D eigenvalue weighted by atomic mass is 9.99. The largest absolute Gasteiger partial charge is 0.482 e. The van der Waals surface area contributed by atoms with Crippen molar-refractivity contribution < 1.29 is 19.1 Å². The molecule has 0 aliphatic carbocycles. The van der Waals surface area contributed by atoms with Gasteiger partial charge in [0.05, 0.1) is 6.61 Å². The van der Waals surface area contributed by atoms with Crippen molar-refractivity contribution in [1.29, 1.82) is 0 Å². The van der Waals surface area contributed by atoms with Crippen LogP contribution in [-0.2, 0) is 9.53 Å². The fourth-order valence-electron chi connectivity index (χ4n) is 3.78. The average molecular weight is 505 g/mol. The summed E-state index contributed by atoms with van der Waals surface area (Å²) in [5, 5.41) is 6.35. The first-order chi connectivity index (χ1) is 14.8. The Morgan fingerprint density at radius 1 is 1.03 bits per heavy atom. The molecule has 1 aromatic carbocycles. The molecule has 10 heteroatoms. The van der Waals surface area contributed by atoms with Crippen LogP contribution < -0.4 is 15.4 Å². The van der Waals surface area contributed by atoms with Gasteiger partial charge in [-0.05, 0) is 55.6 Å². The van der Waals surface area contributed by atoms with E-state index in [1.807, 2.05) is 25.7 Å². The normalized spacial score (nSPS) is 17.4. The van der Waals surface area contributed by atoms with Crippen molar-refractivity contribution in [2.75, 3.05) is 57.8 Å². The monoisotopic (exact) mass is 504 g/mol. The van der Waals surface area contributed by atoms with E-state index in [1.165, 1.54) is 12.8 Å². The number of carbonyl (C=O) groups excluding carboxylic acids is 2. The van der Waals surface area contributed by atoms with Crippen LogP contribution in [0.5, 0.6) is 5.75 Å². The average Bonchev–Trinajstić information content (AvgIpc) is 2.77. The van der Waals surface area contributed by atoms with Gasteiger partial charge in [-0.1, -0.05) is 20.8 Å². The van der Waals surface area contributed by atoms with Crippen molar-refractivity contribution in [3.8, 4) is 5.75 Å². The molecule has 2 N–H and O–H groups in total. The van der Waals surface area contributed by atoms with Gasteiger partial charge >= 0.3 is 12.0 Å². The highest BCUT2D eigenvalue weighted by Crippen LogP contribution is 2.18. The number of esters is 1. The van der Waals surface area contributed by atoms with Gasteiger partial charge < -0.3 is 25.0 Å². The molecule has 2 amide bonds. The zero-order chi connectivity index (χ0) is 22.3. The van der Waals surface area contributed by atoms with Crippen LogP contribution in [0.4, 0.5) is 10.5 Å². The number of hydrogen-bond acceptors (Lipinski definition) is 6. The molecule has 0 saturated carbocycles. The standard InChI is InChI=1S/C23H36N4O4.2ClH/c1-23(2,3)17-31-21(28)16-30-20-6-4-18(5-7-20)25-22(29)27-14-12-26(13-15-27)19-8-10-24-11-9-19;;/h4-7,19,24H,8-17H2,1-3H3,(H,25,29);2*1H. The van der Waals surface area contributed by atoms with Crippen molar-refractivity contribution in [2.45, 2.75) is 39.7 Å². The molecule has 0 atom stereocenters. The van der Waals surface area contributed by atoms with Crippen molar-refractivity contribution in [3.05, 3.63) is 24.3 Å². The number of urea groups is 1. The SMILES string of the molecule is CC(C)(C)COC(=O)COc1ccc(NC(=O)N2CCN(C3CCNCC3)CC2)cc1.Cl.Cl. The van der Waals surface area contributed by atoms with Gasteiger partial charge in [-0.2, -0.15) is 0 Å². The van der Waals surface area contributed by atoms with Crippen LogP contribution >= 0.6 is 24.8 Å². The van der Waals surface area contributed by atoms with E-state index in [2.05, 4.69) is 15.5 Å². The number of carbonyl (C=O) groups is 2. The molecule has 1 aromatic rings. The molecule has 8 nitrogen and oxygen atoms in total. The fourth-order valence-corrected chi connectivity index (χ4v) is 3.78. The lowest BCUT2D eigenvalue weighted by molar-refractivity contribution is -0.148. The molecule has 0 aromatic heterocycles. The molecule has 0 bridgehead atoms. The van der Waals surface area contributed by atoms with Gasteiger partial charge in [0.1, 0.15) is 5.75 Å². The second-order valence-electron chi connectivity index (χ2n) is 9.47. The quantitative estimate of drug-likeness (QED) is 0.577. The van der Waals surface area contributed by atoms with E-state index in [-0.39, 0.29) is 42.9 Å². The van der Waals surface area contributed by atoms with Gasteiger partial charge in [0, 0.05) is 37.9 Å². The number of halogens is 2. The number of benzene rings is 1. The minimum atomic E-state index is -0.393. The Morgan fingerprint density at radius 3 is 2.21 bits per heavy atom. The zero-order valence-electron chi connectivity index (χ0n) is 19.8. The number of anilines is 1. The number of hydrogen-bond donors (Lipinski definition) is 2. The van der Waals surface area contributed by atoms with E-state index < -0.39 is 5.97 Å². The van der Waals surface area contributed by atoms with Gasteiger partial charge in [-0.25, -0.2) is 9.59 Å². The van der Waals surface area contributed by atoms with E-state index in [9.17, 15) is 9.59 Å². The third kappa shape index (κ3) is 9.96. The lowest BCUT2D eigenvalue weighted by Crippen LogP contribution is -2.54. The Hall–Kier alpha value is -1.74. The minimum absolute atomic E-state index is 0. The molecule has 3 rings (SSSR count). The van der Waals surface area contributed by atoms with Gasteiger partial charge in [0.2, 0.25) is 0 Å². The minimum Gasteiger partial charge on any atom is -0.482 e. The third-order valence-corrected chi connectivity index (χ3v) is 5.55. The molecule has 0 unspecified atom stereocenters. The van der Waals surface area contributed by atoms with E-state index in [0.29, 0.717) is 24.1 Å². The predicted molar refractivity (Wildman–Crippen MR) is 135 cm³/mol. The number of ether oxygens (including phenoxy) is 2. The van der Waals surface area contributed by atoms with Gasteiger partial charge in [-0.3, -0.25) is 4.90 Å². The second kappa shape index (κ2) is 13.8. The van der Waals surface area contributed by atoms with E-state index in [0.717, 1.165) is 39.3 Å². The number of nitrogens with one attached hydrogen (secondary N) is 2. The van der Waals surface area contributed by atoms with Gasteiger partial charge in [-0.15, -0.1) is 24.8 Å². The van der Waals surface area contributed by atoms with Crippen LogP contribution in [0.15, 0.2) is 24.3 Å². The zero-order valence-corrected chi connectivity index (χ0v) is 21.4. The number of rotatable bonds is 6. The topological polar surface area (TPSA) is 83.1 Å². The number of nitrogens with zero attached hydrogens (tertiary/aromatic N) is 2. The predicted octanol–water partition coefficient (Wildman–Crippen LogP) is 3.40. The molecule has 2 fully saturated rings. The van der Waals surface area contributed by atoms with Crippen LogP contribution in [0.3, 0.4) is 0 Å². The van der Waals surface area contributed by atoms with Crippen LogP contribution in [0.2, 0.25) is 0 Å². The Labute approximate surface area is 209 Å². The second-order valence-corrected chi connectivity index (χ2v) is 9.47. The van der Waals surface area contributed by atoms with E-state index in [4.69, 9.17) is 9.47 Å². The van der Waals surface area contributed by atoms with Crippen LogP contribution in [0.1, 0.15) is 33.6 Å². The molecule has 33 heavy (non-hydrogen) atoms. The smallest absolute Gasteiger partial charge is 0.344 e. The molecular formula is C23H38Cl2N4O4. The highest BCUT2D eigenvalue weighted by molar-refractivity contribution is 5.89. The summed E-state index contributed by atoms with van der Waals surface area (Å²) < 4.78 is 10.7. The molecule has 2 aliphatic rings.